The van der Waals surface area contributed by atoms with Gasteiger partial charge in [-0.3, -0.25) is 14.2 Å². The molecule has 1 N–H and O–H groups in total. The Kier molecular flexibility index (Phi) is 14.3. The highest BCUT2D eigenvalue weighted by Crippen LogP contribution is 2.27. The lowest BCUT2D eigenvalue weighted by Crippen LogP contribution is -2.19. The summed E-state index contributed by atoms with van der Waals surface area (Å²) in [7, 11) is 4.38. The molecule has 0 radical (unpaired) electrons. The number of aryl methyl sites for hydroxylation is 1. The van der Waals surface area contributed by atoms with E-state index in [0.29, 0.717) is 32.7 Å². The minimum Gasteiger partial charge on any atom is -0.476 e. The fraction of sp³-hybridized carbons (Fsp3) is 0.194. The number of pyridine rings is 1. The molecule has 0 saturated carbocycles. The van der Waals surface area contributed by atoms with Crippen molar-refractivity contribution in [1.29, 1.82) is 0 Å². The molecule has 0 bridgehead atoms. The average Bonchev–Trinajstić information content (AvgIpc) is 3.11. The molecule has 5 rings (SSSR count). The van der Waals surface area contributed by atoms with Crippen LogP contribution < -0.4 is 20.3 Å². The van der Waals surface area contributed by atoms with Crippen molar-refractivity contribution >= 4 is 52.6 Å². The van der Waals surface area contributed by atoms with Crippen LogP contribution in [0.25, 0.3) is 11.0 Å². The molecule has 12 nitrogen and oxygen atoms in total. The number of fused-ring (bicyclic) bond motifs is 1. The number of rotatable bonds is 9. The third kappa shape index (κ3) is 10.1. The van der Waals surface area contributed by atoms with Crippen LogP contribution in [0.15, 0.2) is 70.0 Å². The van der Waals surface area contributed by atoms with E-state index in [1.54, 1.807) is 7.05 Å². The average molecular weight is 721 g/mol. The van der Waals surface area contributed by atoms with Crippen molar-refractivity contribution in [3.8, 4) is 17.2 Å². The Morgan fingerprint density at radius 2 is 1.47 bits per heavy atom. The maximum absolute atomic E-state index is 13.7. The maximum atomic E-state index is 13.7. The fourth-order valence-corrected chi connectivity index (χ4v) is 4.31. The van der Waals surface area contributed by atoms with Crippen molar-refractivity contribution < 1.29 is 41.4 Å². The van der Waals surface area contributed by atoms with Crippen molar-refractivity contribution in [2.24, 2.45) is 7.05 Å². The van der Waals surface area contributed by atoms with Gasteiger partial charge in [0.05, 0.1) is 12.7 Å². The summed E-state index contributed by atoms with van der Waals surface area (Å²) in [5.74, 6) is -5.00. The summed E-state index contributed by atoms with van der Waals surface area (Å²) >= 11 is 2.78. The number of carbonyl (C=O) groups excluding carboxylic acids is 2. The summed E-state index contributed by atoms with van der Waals surface area (Å²) in [5.41, 5.74) is 0.344. The van der Waals surface area contributed by atoms with Gasteiger partial charge in [0.25, 0.3) is 5.56 Å². The highest BCUT2D eigenvalue weighted by atomic mass is 32.2. The predicted octanol–water partition coefficient (Wildman–Crippen LogP) is 5.69. The van der Waals surface area contributed by atoms with E-state index in [9.17, 15) is 31.9 Å². The molecule has 0 aliphatic heterocycles. The zero-order valence-electron chi connectivity index (χ0n) is 26.5. The summed E-state index contributed by atoms with van der Waals surface area (Å²) in [6.07, 6.45) is 7.47. The first-order chi connectivity index (χ1) is 23.5. The van der Waals surface area contributed by atoms with E-state index in [1.807, 2.05) is 12.5 Å². The SMILES string of the molecule is CNc1nc(SC)ncc1C=O.COC(=O)COc1c(F)cccc1F.CSc1ncc2cc(Oc3c(F)cccc3F)c(=O)n(C)c2n1. The van der Waals surface area contributed by atoms with Gasteiger partial charge in [-0.25, -0.2) is 42.3 Å². The molecule has 3 aromatic heterocycles. The lowest BCUT2D eigenvalue weighted by Gasteiger charge is -2.10. The summed E-state index contributed by atoms with van der Waals surface area (Å²) in [5, 5.41) is 4.52. The topological polar surface area (TPSA) is 147 Å². The van der Waals surface area contributed by atoms with Gasteiger partial charge in [0.2, 0.25) is 0 Å². The molecule has 0 fully saturated rings. The Balaban J connectivity index is 0.000000215. The summed E-state index contributed by atoms with van der Waals surface area (Å²) in [6, 6.07) is 7.97. The van der Waals surface area contributed by atoms with E-state index in [1.165, 1.54) is 65.7 Å². The van der Waals surface area contributed by atoms with Crippen LogP contribution in [-0.4, -0.2) is 70.0 Å². The van der Waals surface area contributed by atoms with E-state index in [0.717, 1.165) is 37.7 Å². The minimum absolute atomic E-state index is 0.204. The molecule has 18 heteroatoms. The highest BCUT2D eigenvalue weighted by molar-refractivity contribution is 7.98. The number of hydrogen-bond donors (Lipinski definition) is 1. The quantitative estimate of drug-likeness (QED) is 0.0655. The molecule has 0 saturated heterocycles. The van der Waals surface area contributed by atoms with Gasteiger partial charge in [-0.1, -0.05) is 35.7 Å². The Labute approximate surface area is 285 Å². The monoisotopic (exact) mass is 720 g/mol. The van der Waals surface area contributed by atoms with Crippen molar-refractivity contribution in [2.75, 3.05) is 38.6 Å². The molecule has 5 aromatic rings. The van der Waals surface area contributed by atoms with E-state index in [2.05, 4.69) is 34.7 Å². The van der Waals surface area contributed by atoms with E-state index in [-0.39, 0.29) is 5.75 Å². The molecule has 0 aliphatic carbocycles. The lowest BCUT2D eigenvalue weighted by atomic mass is 10.3. The number of methoxy groups -OCH3 is 1. The van der Waals surface area contributed by atoms with Crippen molar-refractivity contribution in [3.05, 3.63) is 94.0 Å². The number of carbonyl (C=O) groups is 2. The van der Waals surface area contributed by atoms with Crippen LogP contribution in [0.3, 0.4) is 0 Å². The first-order valence-corrected chi connectivity index (χ1v) is 16.1. The Morgan fingerprint density at radius 3 is 2.00 bits per heavy atom. The van der Waals surface area contributed by atoms with Gasteiger partial charge in [-0.2, -0.15) is 0 Å². The highest BCUT2D eigenvalue weighted by Gasteiger charge is 2.16. The molecule has 0 aliphatic rings. The third-order valence-corrected chi connectivity index (χ3v) is 7.15. The van der Waals surface area contributed by atoms with Crippen LogP contribution in [0.5, 0.6) is 17.2 Å². The van der Waals surface area contributed by atoms with Gasteiger partial charge in [0, 0.05) is 31.9 Å². The van der Waals surface area contributed by atoms with Crippen LogP contribution in [-0.2, 0) is 16.6 Å². The molecule has 2 aromatic carbocycles. The number of thioether (sulfide) groups is 2. The number of para-hydroxylation sites is 2. The van der Waals surface area contributed by atoms with Crippen molar-refractivity contribution in [3.63, 3.8) is 0 Å². The van der Waals surface area contributed by atoms with E-state index < -0.39 is 52.9 Å². The first kappa shape index (κ1) is 38.2. The number of esters is 1. The molecular formula is C31H28F4N6O6S2. The van der Waals surface area contributed by atoms with Gasteiger partial charge >= 0.3 is 5.97 Å². The number of nitrogens with zero attached hydrogens (tertiary/aromatic N) is 5. The number of aromatic nitrogens is 5. The number of anilines is 1. The molecular weight excluding hydrogens is 693 g/mol. The number of nitrogens with one attached hydrogen (secondary N) is 1. The smallest absolute Gasteiger partial charge is 0.343 e. The molecule has 49 heavy (non-hydrogen) atoms. The lowest BCUT2D eigenvalue weighted by molar-refractivity contribution is -0.143. The number of halogens is 4. The molecule has 258 valence electrons. The molecule has 0 amide bonds. The van der Waals surface area contributed by atoms with Crippen LogP contribution in [0.4, 0.5) is 23.4 Å². The summed E-state index contributed by atoms with van der Waals surface area (Å²) in [4.78, 5) is 49.8. The molecule has 0 unspecified atom stereocenters. The molecule has 3 heterocycles. The minimum atomic E-state index is -0.888. The number of benzene rings is 2. The van der Waals surface area contributed by atoms with Crippen LogP contribution >= 0.6 is 23.5 Å². The second-order valence-electron chi connectivity index (χ2n) is 9.11. The molecule has 0 spiro atoms. The number of hydrogen-bond acceptors (Lipinski definition) is 13. The Hall–Kier alpha value is -5.23. The summed E-state index contributed by atoms with van der Waals surface area (Å²) in [6.45, 7) is -0.519. The van der Waals surface area contributed by atoms with Crippen LogP contribution in [0, 0.1) is 23.3 Å². The van der Waals surface area contributed by atoms with Crippen molar-refractivity contribution in [2.45, 2.75) is 10.3 Å². The van der Waals surface area contributed by atoms with E-state index in [4.69, 9.17) is 4.74 Å². The van der Waals surface area contributed by atoms with Gasteiger partial charge in [0.15, 0.2) is 63.7 Å². The molecule has 0 atom stereocenters. The maximum Gasteiger partial charge on any atom is 0.343 e. The second-order valence-corrected chi connectivity index (χ2v) is 10.7. The fourth-order valence-electron chi connectivity index (χ4n) is 3.63. The van der Waals surface area contributed by atoms with Gasteiger partial charge in [-0.05, 0) is 42.8 Å². The predicted molar refractivity (Wildman–Crippen MR) is 176 cm³/mol. The van der Waals surface area contributed by atoms with Crippen LogP contribution in [0.1, 0.15) is 10.4 Å². The van der Waals surface area contributed by atoms with Gasteiger partial charge in [-0.15, -0.1) is 0 Å². The number of ether oxygens (including phenoxy) is 3. The standard InChI is InChI=1S/C15H11F2N3O2S.C9H8F2O3.C7H9N3OS/c1-20-13-8(7-18-15(19-13)23-2)6-11(14(20)21)22-12-9(16)4-3-5-10(12)17;1-13-8(12)5-14-9-6(10)3-2-4-7(9)11;1-8-6-5(4-11)3-9-7(10-6)12-2/h3-7H,1-2H3;2-4H,5H2,1H3;3-4H,1-2H3,(H,8,9,10). The zero-order chi connectivity index (χ0) is 36.1. The summed E-state index contributed by atoms with van der Waals surface area (Å²) < 4.78 is 68.4. The number of aldehydes is 1. The van der Waals surface area contributed by atoms with Gasteiger partial charge < -0.3 is 19.5 Å². The second kappa shape index (κ2) is 18.3. The van der Waals surface area contributed by atoms with Crippen LogP contribution in [0.2, 0.25) is 0 Å². The van der Waals surface area contributed by atoms with E-state index >= 15 is 0 Å². The van der Waals surface area contributed by atoms with Gasteiger partial charge in [0.1, 0.15) is 11.5 Å². The van der Waals surface area contributed by atoms with Crippen molar-refractivity contribution in [1.82, 2.24) is 24.5 Å². The normalized spacial score (nSPS) is 10.2. The Morgan fingerprint density at radius 1 is 0.918 bits per heavy atom. The zero-order valence-corrected chi connectivity index (χ0v) is 28.1. The third-order valence-electron chi connectivity index (χ3n) is 6.03. The first-order valence-electron chi connectivity index (χ1n) is 13.7. The Bertz CT molecular complexity index is 1960. The largest absolute Gasteiger partial charge is 0.476 e.